The molecule has 0 bridgehead atoms. The first kappa shape index (κ1) is 11.1. The molecule has 1 heterocycles. The minimum Gasteiger partial charge on any atom is -0.481 e. The molecule has 0 radical (unpaired) electrons. The maximum absolute atomic E-state index is 10.2. The molecule has 2 N–H and O–H groups in total. The number of carbonyl (C=O) groups is 1. The fraction of sp³-hybridized carbons (Fsp3) is 0.300. The van der Waals surface area contributed by atoms with Crippen LogP contribution in [-0.4, -0.2) is 22.6 Å². The normalized spacial score (nSPS) is 9.53. The SMILES string of the molecule is N#Cc1cc(CNCCC(=O)O)ccn1. The summed E-state index contributed by atoms with van der Waals surface area (Å²) in [7, 11) is 0. The largest absolute Gasteiger partial charge is 0.481 e. The van der Waals surface area contributed by atoms with Gasteiger partial charge in [0, 0.05) is 19.3 Å². The summed E-state index contributed by atoms with van der Waals surface area (Å²) >= 11 is 0. The summed E-state index contributed by atoms with van der Waals surface area (Å²) in [5, 5.41) is 20.0. The number of pyridine rings is 1. The van der Waals surface area contributed by atoms with Crippen molar-refractivity contribution in [2.45, 2.75) is 13.0 Å². The van der Waals surface area contributed by atoms with E-state index in [1.54, 1.807) is 18.3 Å². The van der Waals surface area contributed by atoms with Crippen molar-refractivity contribution in [1.29, 1.82) is 5.26 Å². The average Bonchev–Trinajstić information content (AvgIpc) is 2.24. The first-order chi connectivity index (χ1) is 7.22. The average molecular weight is 205 g/mol. The van der Waals surface area contributed by atoms with Crippen LogP contribution < -0.4 is 5.32 Å². The quantitative estimate of drug-likeness (QED) is 0.684. The molecule has 15 heavy (non-hydrogen) atoms. The van der Waals surface area contributed by atoms with Gasteiger partial charge in [-0.3, -0.25) is 4.79 Å². The lowest BCUT2D eigenvalue weighted by atomic mass is 10.2. The fourth-order valence-corrected chi connectivity index (χ4v) is 1.07. The molecule has 0 amide bonds. The van der Waals surface area contributed by atoms with Gasteiger partial charge in [-0.15, -0.1) is 0 Å². The van der Waals surface area contributed by atoms with Crippen LogP contribution in [0.4, 0.5) is 0 Å². The number of carboxylic acids is 1. The number of nitrogens with one attached hydrogen (secondary N) is 1. The predicted molar refractivity (Wildman–Crippen MR) is 52.9 cm³/mol. The van der Waals surface area contributed by atoms with E-state index in [0.29, 0.717) is 18.8 Å². The minimum atomic E-state index is -0.824. The Kier molecular flexibility index (Phi) is 4.26. The summed E-state index contributed by atoms with van der Waals surface area (Å²) in [6, 6.07) is 5.40. The van der Waals surface area contributed by atoms with Gasteiger partial charge in [-0.1, -0.05) is 0 Å². The van der Waals surface area contributed by atoms with Crippen LogP contribution in [0.2, 0.25) is 0 Å². The Morgan fingerprint density at radius 1 is 1.67 bits per heavy atom. The predicted octanol–water partition coefficient (Wildman–Crippen LogP) is 0.518. The zero-order valence-electron chi connectivity index (χ0n) is 8.10. The Bertz CT molecular complexity index is 384. The van der Waals surface area contributed by atoms with E-state index in [1.807, 2.05) is 6.07 Å². The van der Waals surface area contributed by atoms with Gasteiger partial charge in [0.1, 0.15) is 11.8 Å². The van der Waals surface area contributed by atoms with E-state index in [0.717, 1.165) is 5.56 Å². The first-order valence-corrected chi connectivity index (χ1v) is 4.50. The number of nitriles is 1. The Hall–Kier alpha value is -1.93. The maximum atomic E-state index is 10.2. The molecule has 78 valence electrons. The van der Waals surface area contributed by atoms with Gasteiger partial charge in [0.15, 0.2) is 0 Å². The van der Waals surface area contributed by atoms with Crippen molar-refractivity contribution in [2.24, 2.45) is 0 Å². The highest BCUT2D eigenvalue weighted by Gasteiger charge is 1.98. The highest BCUT2D eigenvalue weighted by atomic mass is 16.4. The summed E-state index contributed by atoms with van der Waals surface area (Å²) < 4.78 is 0. The third kappa shape index (κ3) is 4.20. The Morgan fingerprint density at radius 2 is 2.47 bits per heavy atom. The van der Waals surface area contributed by atoms with Crippen molar-refractivity contribution in [3.8, 4) is 6.07 Å². The van der Waals surface area contributed by atoms with Crippen molar-refractivity contribution in [2.75, 3.05) is 6.54 Å². The number of hydrogen-bond donors (Lipinski definition) is 2. The van der Waals surface area contributed by atoms with Crippen molar-refractivity contribution in [3.05, 3.63) is 29.6 Å². The lowest BCUT2D eigenvalue weighted by Crippen LogP contribution is -2.17. The molecule has 0 aliphatic heterocycles. The molecule has 0 aliphatic rings. The molecule has 1 rings (SSSR count). The lowest BCUT2D eigenvalue weighted by molar-refractivity contribution is -0.136. The minimum absolute atomic E-state index is 0.0934. The second kappa shape index (κ2) is 5.73. The number of nitrogens with zero attached hydrogens (tertiary/aromatic N) is 2. The molecule has 0 atom stereocenters. The van der Waals surface area contributed by atoms with Crippen LogP contribution in [0.1, 0.15) is 17.7 Å². The second-order valence-electron chi connectivity index (χ2n) is 2.98. The van der Waals surface area contributed by atoms with Crippen molar-refractivity contribution in [1.82, 2.24) is 10.3 Å². The maximum Gasteiger partial charge on any atom is 0.304 e. The number of aromatic nitrogens is 1. The van der Waals surface area contributed by atoms with E-state index in [1.165, 1.54) is 0 Å². The molecule has 0 aliphatic carbocycles. The van der Waals surface area contributed by atoms with E-state index in [-0.39, 0.29) is 6.42 Å². The molecular formula is C10H11N3O2. The Labute approximate surface area is 87.4 Å². The smallest absolute Gasteiger partial charge is 0.304 e. The highest BCUT2D eigenvalue weighted by molar-refractivity contribution is 5.66. The van der Waals surface area contributed by atoms with Crippen molar-refractivity contribution < 1.29 is 9.90 Å². The number of carboxylic acid groups (broad SMARTS) is 1. The summed E-state index contributed by atoms with van der Waals surface area (Å²) in [6.45, 7) is 0.962. The van der Waals surface area contributed by atoms with Crippen molar-refractivity contribution in [3.63, 3.8) is 0 Å². The standard InChI is InChI=1S/C10H11N3O2/c11-6-9-5-8(1-4-13-9)7-12-3-2-10(14)15/h1,4-5,12H,2-3,7H2,(H,14,15). The molecule has 0 fully saturated rings. The zero-order valence-corrected chi connectivity index (χ0v) is 8.10. The third-order valence-electron chi connectivity index (χ3n) is 1.78. The first-order valence-electron chi connectivity index (χ1n) is 4.50. The zero-order chi connectivity index (χ0) is 11.1. The fourth-order valence-electron chi connectivity index (χ4n) is 1.07. The van der Waals surface area contributed by atoms with Gasteiger partial charge in [-0.05, 0) is 17.7 Å². The van der Waals surface area contributed by atoms with Crippen molar-refractivity contribution >= 4 is 5.97 Å². The van der Waals surface area contributed by atoms with Crippen LogP contribution >= 0.6 is 0 Å². The van der Waals surface area contributed by atoms with Gasteiger partial charge in [0.25, 0.3) is 0 Å². The van der Waals surface area contributed by atoms with Crippen LogP contribution in [0.3, 0.4) is 0 Å². The molecule has 0 aromatic carbocycles. The van der Waals surface area contributed by atoms with E-state index in [9.17, 15) is 4.79 Å². The molecule has 0 spiro atoms. The summed E-state index contributed by atoms with van der Waals surface area (Å²) in [6.07, 6.45) is 1.66. The molecule has 0 saturated heterocycles. The van der Waals surface area contributed by atoms with E-state index >= 15 is 0 Å². The van der Waals surface area contributed by atoms with Crippen LogP contribution in [0.5, 0.6) is 0 Å². The molecule has 0 saturated carbocycles. The summed E-state index contributed by atoms with van der Waals surface area (Å²) in [5.41, 5.74) is 1.29. The number of hydrogen-bond acceptors (Lipinski definition) is 4. The van der Waals surface area contributed by atoms with Gasteiger partial charge in [-0.2, -0.15) is 5.26 Å². The number of rotatable bonds is 5. The molecule has 1 aromatic rings. The van der Waals surface area contributed by atoms with Gasteiger partial charge < -0.3 is 10.4 Å². The van der Waals surface area contributed by atoms with Crippen LogP contribution in [0.15, 0.2) is 18.3 Å². The van der Waals surface area contributed by atoms with Crippen LogP contribution in [0.25, 0.3) is 0 Å². The highest BCUT2D eigenvalue weighted by Crippen LogP contribution is 1.99. The van der Waals surface area contributed by atoms with Crippen LogP contribution in [-0.2, 0) is 11.3 Å². The van der Waals surface area contributed by atoms with Gasteiger partial charge >= 0.3 is 5.97 Å². The molecule has 0 unspecified atom stereocenters. The van der Waals surface area contributed by atoms with E-state index in [2.05, 4.69) is 10.3 Å². The molecular weight excluding hydrogens is 194 g/mol. The lowest BCUT2D eigenvalue weighted by Gasteiger charge is -2.02. The van der Waals surface area contributed by atoms with Gasteiger partial charge in [0.05, 0.1) is 6.42 Å². The van der Waals surface area contributed by atoms with Crippen LogP contribution in [0, 0.1) is 11.3 Å². The summed E-state index contributed by atoms with van der Waals surface area (Å²) in [4.78, 5) is 14.0. The third-order valence-corrected chi connectivity index (χ3v) is 1.78. The molecule has 5 nitrogen and oxygen atoms in total. The molecule has 1 aromatic heterocycles. The monoisotopic (exact) mass is 205 g/mol. The molecule has 5 heteroatoms. The number of aliphatic carboxylic acids is 1. The topological polar surface area (TPSA) is 86.0 Å². The van der Waals surface area contributed by atoms with Gasteiger partial charge in [0.2, 0.25) is 0 Å². The van der Waals surface area contributed by atoms with E-state index in [4.69, 9.17) is 10.4 Å². The second-order valence-corrected chi connectivity index (χ2v) is 2.98. The van der Waals surface area contributed by atoms with Gasteiger partial charge in [-0.25, -0.2) is 4.98 Å². The summed E-state index contributed by atoms with van der Waals surface area (Å²) in [5.74, 6) is -0.824. The Balaban J connectivity index is 2.38. The van der Waals surface area contributed by atoms with E-state index < -0.39 is 5.97 Å². The Morgan fingerprint density at radius 3 is 3.13 bits per heavy atom.